The molecule has 1 saturated heterocycles. The van der Waals surface area contributed by atoms with Crippen LogP contribution in [0.25, 0.3) is 0 Å². The quantitative estimate of drug-likeness (QED) is 0.722. The molecule has 0 aromatic heterocycles. The maximum atomic E-state index is 12.9. The van der Waals surface area contributed by atoms with Crippen LogP contribution >= 0.6 is 0 Å². The molecule has 1 aliphatic rings. The van der Waals surface area contributed by atoms with Gasteiger partial charge in [-0.1, -0.05) is 6.58 Å². The van der Waals surface area contributed by atoms with Crippen molar-refractivity contribution in [2.45, 2.75) is 30.3 Å². The molecule has 1 heterocycles. The normalized spacial score (nSPS) is 21.5. The zero-order valence-electron chi connectivity index (χ0n) is 13.7. The number of rotatable bonds is 6. The Morgan fingerprint density at radius 3 is 2.79 bits per heavy atom. The molecule has 8 heteroatoms. The Hall–Kier alpha value is -1.90. The molecule has 1 aromatic carbocycles. The number of amides is 1. The van der Waals surface area contributed by atoms with Gasteiger partial charge in [-0.25, -0.2) is 8.42 Å². The Kier molecular flexibility index (Phi) is 5.63. The summed E-state index contributed by atoms with van der Waals surface area (Å²) in [5, 5.41) is 12.2. The first-order chi connectivity index (χ1) is 11.3. The molecule has 24 heavy (non-hydrogen) atoms. The molecule has 7 nitrogen and oxygen atoms in total. The van der Waals surface area contributed by atoms with Crippen molar-refractivity contribution in [1.29, 1.82) is 0 Å². The number of hydrogen-bond acceptors (Lipinski definition) is 5. The van der Waals surface area contributed by atoms with E-state index in [4.69, 9.17) is 4.74 Å². The van der Waals surface area contributed by atoms with Crippen molar-refractivity contribution in [2.75, 3.05) is 20.3 Å². The van der Waals surface area contributed by atoms with Crippen molar-refractivity contribution >= 4 is 15.9 Å². The molecule has 2 atom stereocenters. The molecule has 1 aliphatic heterocycles. The van der Waals surface area contributed by atoms with E-state index >= 15 is 0 Å². The zero-order valence-corrected chi connectivity index (χ0v) is 14.5. The lowest BCUT2D eigenvalue weighted by atomic mass is 10.2. The predicted octanol–water partition coefficient (Wildman–Crippen LogP) is 0.430. The summed E-state index contributed by atoms with van der Waals surface area (Å²) in [7, 11) is -2.26. The number of nitrogens with one attached hydrogen (secondary N) is 1. The molecule has 132 valence electrons. The summed E-state index contributed by atoms with van der Waals surface area (Å²) >= 11 is 0. The van der Waals surface area contributed by atoms with Gasteiger partial charge in [-0.3, -0.25) is 4.79 Å². The van der Waals surface area contributed by atoms with Crippen LogP contribution in [0.4, 0.5) is 0 Å². The molecule has 1 fully saturated rings. The van der Waals surface area contributed by atoms with E-state index in [0.29, 0.717) is 17.7 Å². The number of methoxy groups -OCH3 is 1. The van der Waals surface area contributed by atoms with E-state index in [1.54, 1.807) is 13.0 Å². The molecule has 0 spiro atoms. The summed E-state index contributed by atoms with van der Waals surface area (Å²) in [4.78, 5) is 11.6. The topological polar surface area (TPSA) is 95.9 Å². The van der Waals surface area contributed by atoms with Crippen molar-refractivity contribution in [3.8, 4) is 5.75 Å². The van der Waals surface area contributed by atoms with Gasteiger partial charge in [-0.2, -0.15) is 4.31 Å². The first-order valence-corrected chi connectivity index (χ1v) is 8.97. The molecule has 1 aromatic rings. The van der Waals surface area contributed by atoms with Crippen molar-refractivity contribution in [3.63, 3.8) is 0 Å². The second-order valence-corrected chi connectivity index (χ2v) is 7.58. The smallest absolute Gasteiger partial charge is 0.243 e. The van der Waals surface area contributed by atoms with Crippen LogP contribution in [0.2, 0.25) is 0 Å². The number of nitrogens with zero attached hydrogens (tertiary/aromatic N) is 1. The fourth-order valence-corrected chi connectivity index (χ4v) is 4.62. The van der Waals surface area contributed by atoms with Crippen LogP contribution in [0, 0.1) is 6.92 Å². The Labute approximate surface area is 142 Å². The Balaban J connectivity index is 2.28. The van der Waals surface area contributed by atoms with Gasteiger partial charge in [0.1, 0.15) is 5.75 Å². The number of hydrogen-bond donors (Lipinski definition) is 2. The van der Waals surface area contributed by atoms with Gasteiger partial charge in [0.05, 0.1) is 24.7 Å². The third-order valence-corrected chi connectivity index (χ3v) is 5.99. The second-order valence-electron chi connectivity index (χ2n) is 5.69. The lowest BCUT2D eigenvalue weighted by molar-refractivity contribution is -0.117. The minimum absolute atomic E-state index is 0.109. The highest BCUT2D eigenvalue weighted by Crippen LogP contribution is 2.29. The van der Waals surface area contributed by atoms with Crippen LogP contribution in [0.5, 0.6) is 5.75 Å². The molecular formula is C16H22N2O5S. The highest BCUT2D eigenvalue weighted by atomic mass is 32.2. The van der Waals surface area contributed by atoms with Gasteiger partial charge in [-0.15, -0.1) is 0 Å². The fourth-order valence-electron chi connectivity index (χ4n) is 2.86. The van der Waals surface area contributed by atoms with Gasteiger partial charge in [0, 0.05) is 12.6 Å². The average molecular weight is 354 g/mol. The van der Waals surface area contributed by atoms with E-state index in [0.717, 1.165) is 6.08 Å². The molecular weight excluding hydrogens is 332 g/mol. The minimum atomic E-state index is -3.78. The number of ether oxygens (including phenoxy) is 1. The van der Waals surface area contributed by atoms with Crippen molar-refractivity contribution in [2.24, 2.45) is 0 Å². The molecule has 0 aliphatic carbocycles. The summed E-state index contributed by atoms with van der Waals surface area (Å²) in [6, 6.07) is 3.68. The summed E-state index contributed by atoms with van der Waals surface area (Å²) in [6.07, 6.45) is 1.49. The molecule has 0 saturated carbocycles. The molecule has 2 N–H and O–H groups in total. The maximum absolute atomic E-state index is 12.9. The average Bonchev–Trinajstić information content (AvgIpc) is 2.98. The highest BCUT2D eigenvalue weighted by molar-refractivity contribution is 7.89. The number of carbonyl (C=O) groups is 1. The predicted molar refractivity (Wildman–Crippen MR) is 89.2 cm³/mol. The van der Waals surface area contributed by atoms with Gasteiger partial charge in [0.2, 0.25) is 15.9 Å². The molecule has 2 unspecified atom stereocenters. The lowest BCUT2D eigenvalue weighted by Gasteiger charge is -2.22. The van der Waals surface area contributed by atoms with Crippen molar-refractivity contribution in [3.05, 3.63) is 36.4 Å². The van der Waals surface area contributed by atoms with Gasteiger partial charge in [0.25, 0.3) is 0 Å². The number of sulfonamides is 1. The van der Waals surface area contributed by atoms with E-state index in [9.17, 15) is 18.3 Å². The molecule has 2 rings (SSSR count). The SMILES string of the molecule is C=CC(=O)NC1CC(CO)N(S(=O)(=O)c2ccc(OC)c(C)c2)C1. The van der Waals surface area contributed by atoms with Crippen LogP contribution in [-0.2, 0) is 14.8 Å². The standard InChI is InChI=1S/C16H22N2O5S/c1-4-16(20)17-12-8-13(10-19)18(9-12)24(21,22)14-5-6-15(23-3)11(2)7-14/h4-7,12-13,19H,1,8-10H2,2-3H3,(H,17,20). The van der Waals surface area contributed by atoms with Gasteiger partial charge in [-0.05, 0) is 43.2 Å². The number of carbonyl (C=O) groups excluding carboxylic acids is 1. The van der Waals surface area contributed by atoms with Gasteiger partial charge in [0.15, 0.2) is 0 Å². The first kappa shape index (κ1) is 18.4. The van der Waals surface area contributed by atoms with E-state index in [1.165, 1.54) is 23.5 Å². The van der Waals surface area contributed by atoms with Gasteiger partial charge < -0.3 is 15.2 Å². The van der Waals surface area contributed by atoms with E-state index in [1.807, 2.05) is 0 Å². The van der Waals surface area contributed by atoms with E-state index < -0.39 is 16.1 Å². The number of aliphatic hydroxyl groups is 1. The summed E-state index contributed by atoms with van der Waals surface area (Å²) in [6.45, 7) is 4.94. The summed E-state index contributed by atoms with van der Waals surface area (Å²) in [5.74, 6) is 0.237. The maximum Gasteiger partial charge on any atom is 0.243 e. The Morgan fingerprint density at radius 1 is 1.54 bits per heavy atom. The van der Waals surface area contributed by atoms with Gasteiger partial charge >= 0.3 is 0 Å². The third kappa shape index (κ3) is 3.61. The first-order valence-electron chi connectivity index (χ1n) is 7.53. The number of benzene rings is 1. The Bertz CT molecular complexity index is 732. The van der Waals surface area contributed by atoms with E-state index in [2.05, 4.69) is 11.9 Å². The highest BCUT2D eigenvalue weighted by Gasteiger charge is 2.40. The van der Waals surface area contributed by atoms with E-state index in [-0.39, 0.29) is 30.0 Å². The minimum Gasteiger partial charge on any atom is -0.496 e. The van der Waals surface area contributed by atoms with Crippen molar-refractivity contribution in [1.82, 2.24) is 9.62 Å². The summed E-state index contributed by atoms with van der Waals surface area (Å²) < 4.78 is 32.2. The second kappa shape index (κ2) is 7.33. The largest absolute Gasteiger partial charge is 0.496 e. The van der Waals surface area contributed by atoms with Crippen LogP contribution in [0.15, 0.2) is 35.7 Å². The zero-order chi connectivity index (χ0) is 17.9. The van der Waals surface area contributed by atoms with Crippen LogP contribution in [-0.4, -0.2) is 56.1 Å². The third-order valence-electron chi connectivity index (χ3n) is 4.08. The fraction of sp³-hybridized carbons (Fsp3) is 0.438. The van der Waals surface area contributed by atoms with Crippen LogP contribution < -0.4 is 10.1 Å². The summed E-state index contributed by atoms with van der Waals surface area (Å²) in [5.41, 5.74) is 0.704. The molecule has 0 radical (unpaired) electrons. The molecule has 0 bridgehead atoms. The Morgan fingerprint density at radius 2 is 2.25 bits per heavy atom. The number of aryl methyl sites for hydroxylation is 1. The van der Waals surface area contributed by atoms with Crippen LogP contribution in [0.1, 0.15) is 12.0 Å². The van der Waals surface area contributed by atoms with Crippen molar-refractivity contribution < 1.29 is 23.1 Å². The van der Waals surface area contributed by atoms with Crippen LogP contribution in [0.3, 0.4) is 0 Å². The monoisotopic (exact) mass is 354 g/mol. The molecule has 1 amide bonds. The number of aliphatic hydroxyl groups excluding tert-OH is 1. The lowest BCUT2D eigenvalue weighted by Crippen LogP contribution is -2.39.